The highest BCUT2D eigenvalue weighted by atomic mass is 16.4. The van der Waals surface area contributed by atoms with Crippen molar-refractivity contribution in [3.8, 4) is 0 Å². The third kappa shape index (κ3) is 6.18. The number of hydrogen-bond donors (Lipinski definition) is 0. The highest BCUT2D eigenvalue weighted by molar-refractivity contribution is 5.60. The van der Waals surface area contributed by atoms with Crippen molar-refractivity contribution < 1.29 is 14.5 Å². The number of carbonyl (C=O) groups excluding carboxylic acids is 1. The molecule has 4 heteroatoms. The summed E-state index contributed by atoms with van der Waals surface area (Å²) in [4.78, 5) is 8.89. The zero-order valence-corrected chi connectivity index (χ0v) is 13.1. The molecule has 0 aliphatic carbocycles. The van der Waals surface area contributed by atoms with Gasteiger partial charge >= 0.3 is 0 Å². The Kier molecular flexibility index (Phi) is 6.12. The molecule has 4 nitrogen and oxygen atoms in total. The van der Waals surface area contributed by atoms with E-state index in [1.54, 1.807) is 0 Å². The maximum atomic E-state index is 8.89. The van der Waals surface area contributed by atoms with Crippen molar-refractivity contribution in [2.75, 3.05) is 0 Å². The van der Waals surface area contributed by atoms with Crippen LogP contribution in [0.5, 0.6) is 0 Å². The van der Waals surface area contributed by atoms with Crippen LogP contribution in [0.3, 0.4) is 0 Å². The summed E-state index contributed by atoms with van der Waals surface area (Å²) in [5.41, 5.74) is 2.65. The minimum absolute atomic E-state index is 0.919. The smallest absolute Gasteiger partial charge is 0.244 e. The lowest BCUT2D eigenvalue weighted by Gasteiger charge is -1.98. The summed E-state index contributed by atoms with van der Waals surface area (Å²) < 4.78 is 4.41. The predicted octanol–water partition coefficient (Wildman–Crippen LogP) is 1.63. The van der Waals surface area contributed by atoms with E-state index in [-0.39, 0.29) is 0 Å². The molecule has 0 atom stereocenters. The average molecular weight is 308 g/mol. The minimum atomic E-state index is -1.08. The molecule has 0 aliphatic rings. The second-order valence-electron chi connectivity index (χ2n) is 5.22. The van der Waals surface area contributed by atoms with E-state index in [1.165, 1.54) is 11.1 Å². The van der Waals surface area contributed by atoms with Gasteiger partial charge in [0.1, 0.15) is 25.5 Å². The van der Waals surface area contributed by atoms with E-state index in [0.29, 0.717) is 0 Å². The van der Waals surface area contributed by atoms with Gasteiger partial charge in [0.05, 0.1) is 0 Å². The topological polar surface area (TPSA) is 48.9 Å². The first kappa shape index (κ1) is 16.5. The molecule has 0 unspecified atom stereocenters. The van der Waals surface area contributed by atoms with E-state index in [2.05, 4.69) is 88.5 Å². The van der Waals surface area contributed by atoms with Crippen molar-refractivity contribution >= 4 is 5.97 Å². The van der Waals surface area contributed by atoms with Crippen LogP contribution in [0, 0.1) is 0 Å². The predicted molar refractivity (Wildman–Crippen MR) is 86.4 cm³/mol. The molecule has 2 aromatic carbocycles. The molecule has 3 aromatic rings. The van der Waals surface area contributed by atoms with Gasteiger partial charge in [-0.15, -0.1) is 0 Å². The number of carbonyl (C=O) groups is 1. The summed E-state index contributed by atoms with van der Waals surface area (Å²) in [5.74, 6) is -1.08. The SMILES string of the molecule is CC(=O)[O-].c1ccc(Cn2cc[n+](Cc3ccccc3)c2)cc1. The van der Waals surface area contributed by atoms with Crippen LogP contribution in [0.15, 0.2) is 79.4 Å². The summed E-state index contributed by atoms with van der Waals surface area (Å²) in [7, 11) is 0. The third-order valence-electron chi connectivity index (χ3n) is 3.16. The number of rotatable bonds is 4. The summed E-state index contributed by atoms with van der Waals surface area (Å²) in [6.45, 7) is 2.81. The highest BCUT2D eigenvalue weighted by Gasteiger charge is 2.04. The Balaban J connectivity index is 0.000000433. The van der Waals surface area contributed by atoms with Crippen molar-refractivity contribution in [3.63, 3.8) is 0 Å². The van der Waals surface area contributed by atoms with Crippen LogP contribution in [-0.4, -0.2) is 10.5 Å². The second-order valence-corrected chi connectivity index (χ2v) is 5.22. The molecule has 118 valence electrons. The van der Waals surface area contributed by atoms with Gasteiger partial charge in [0.25, 0.3) is 0 Å². The Bertz CT molecular complexity index is 661. The first-order valence-electron chi connectivity index (χ1n) is 7.44. The van der Waals surface area contributed by atoms with Crippen LogP contribution in [0.2, 0.25) is 0 Å². The lowest BCUT2D eigenvalue weighted by molar-refractivity contribution is -0.687. The number of aliphatic carboxylic acids is 1. The fourth-order valence-electron chi connectivity index (χ4n) is 2.21. The highest BCUT2D eigenvalue weighted by Crippen LogP contribution is 2.02. The van der Waals surface area contributed by atoms with Gasteiger partial charge in [-0.25, -0.2) is 9.13 Å². The van der Waals surface area contributed by atoms with E-state index in [0.717, 1.165) is 20.0 Å². The van der Waals surface area contributed by atoms with Crippen molar-refractivity contribution in [1.82, 2.24) is 4.57 Å². The maximum absolute atomic E-state index is 8.89. The molecule has 0 radical (unpaired) electrons. The standard InChI is InChI=1S/C17H17N2.C2H4O2/c1-3-7-16(8-4-1)13-18-11-12-19(15-18)14-17-9-5-2-6-10-17;1-2(3)4/h1-12,15H,13-14H2;1H3,(H,3,4)/q+1;/p-1. The molecule has 0 saturated heterocycles. The molecule has 0 fully saturated rings. The molecule has 23 heavy (non-hydrogen) atoms. The van der Waals surface area contributed by atoms with E-state index < -0.39 is 5.97 Å². The first-order valence-corrected chi connectivity index (χ1v) is 7.44. The molecule has 3 rings (SSSR count). The first-order chi connectivity index (χ1) is 11.1. The Morgan fingerprint density at radius 3 is 2.09 bits per heavy atom. The Morgan fingerprint density at radius 2 is 1.52 bits per heavy atom. The van der Waals surface area contributed by atoms with Crippen LogP contribution in [-0.2, 0) is 17.9 Å². The average Bonchev–Trinajstić information content (AvgIpc) is 2.96. The molecular weight excluding hydrogens is 288 g/mol. The molecule has 1 aromatic heterocycles. The quantitative estimate of drug-likeness (QED) is 0.688. The number of benzene rings is 2. The van der Waals surface area contributed by atoms with Gasteiger partial charge in [0.15, 0.2) is 0 Å². The van der Waals surface area contributed by atoms with Gasteiger partial charge in [-0.05, 0) is 18.1 Å². The van der Waals surface area contributed by atoms with E-state index >= 15 is 0 Å². The van der Waals surface area contributed by atoms with Crippen molar-refractivity contribution in [1.29, 1.82) is 0 Å². The molecular formula is C19H20N2O2. The van der Waals surface area contributed by atoms with Crippen molar-refractivity contribution in [2.45, 2.75) is 20.0 Å². The molecule has 0 bridgehead atoms. The fourth-order valence-corrected chi connectivity index (χ4v) is 2.21. The minimum Gasteiger partial charge on any atom is -0.550 e. The Labute approximate surface area is 136 Å². The Hall–Kier alpha value is -2.88. The van der Waals surface area contributed by atoms with Gasteiger partial charge in [0.2, 0.25) is 6.33 Å². The molecule has 0 spiro atoms. The monoisotopic (exact) mass is 308 g/mol. The van der Waals surface area contributed by atoms with Gasteiger partial charge in [0, 0.05) is 5.97 Å². The van der Waals surface area contributed by atoms with Crippen LogP contribution >= 0.6 is 0 Å². The molecule has 0 aliphatic heterocycles. The molecule has 0 amide bonds. The lowest BCUT2D eigenvalue weighted by atomic mass is 10.2. The van der Waals surface area contributed by atoms with Crippen LogP contribution in [0.25, 0.3) is 0 Å². The number of nitrogens with zero attached hydrogens (tertiary/aromatic N) is 2. The number of hydrogen-bond acceptors (Lipinski definition) is 2. The zero-order valence-electron chi connectivity index (χ0n) is 13.1. The van der Waals surface area contributed by atoms with Gasteiger partial charge < -0.3 is 9.90 Å². The van der Waals surface area contributed by atoms with Crippen molar-refractivity contribution in [2.24, 2.45) is 0 Å². The summed E-state index contributed by atoms with van der Waals surface area (Å²) in [6, 6.07) is 21.0. The largest absolute Gasteiger partial charge is 0.550 e. The van der Waals surface area contributed by atoms with E-state index in [9.17, 15) is 0 Å². The number of imidazole rings is 1. The number of carboxylic acid groups (broad SMARTS) is 1. The summed E-state index contributed by atoms with van der Waals surface area (Å²) in [6.07, 6.45) is 6.39. The normalized spacial score (nSPS) is 9.78. The maximum Gasteiger partial charge on any atom is 0.244 e. The van der Waals surface area contributed by atoms with Gasteiger partial charge in [-0.2, -0.15) is 0 Å². The van der Waals surface area contributed by atoms with Gasteiger partial charge in [-0.3, -0.25) is 0 Å². The third-order valence-corrected chi connectivity index (χ3v) is 3.16. The summed E-state index contributed by atoms with van der Waals surface area (Å²) in [5, 5.41) is 8.89. The number of aromatic nitrogens is 2. The van der Waals surface area contributed by atoms with Crippen LogP contribution < -0.4 is 9.67 Å². The lowest BCUT2D eigenvalue weighted by Crippen LogP contribution is -2.31. The summed E-state index contributed by atoms with van der Waals surface area (Å²) >= 11 is 0. The van der Waals surface area contributed by atoms with Crippen LogP contribution in [0.1, 0.15) is 18.1 Å². The molecule has 1 heterocycles. The van der Waals surface area contributed by atoms with Crippen LogP contribution in [0.4, 0.5) is 0 Å². The molecule has 0 N–H and O–H groups in total. The van der Waals surface area contributed by atoms with Crippen molar-refractivity contribution in [3.05, 3.63) is 90.5 Å². The van der Waals surface area contributed by atoms with E-state index in [1.807, 2.05) is 0 Å². The second kappa shape index (κ2) is 8.54. The van der Waals surface area contributed by atoms with Gasteiger partial charge in [-0.1, -0.05) is 60.7 Å². The molecule has 0 saturated carbocycles. The fraction of sp³-hybridized carbons (Fsp3) is 0.158. The Morgan fingerprint density at radius 1 is 1.00 bits per heavy atom. The number of carboxylic acids is 1. The zero-order chi connectivity index (χ0) is 16.5. The van der Waals surface area contributed by atoms with E-state index in [4.69, 9.17) is 9.90 Å².